The van der Waals surface area contributed by atoms with E-state index in [2.05, 4.69) is 19.8 Å². The van der Waals surface area contributed by atoms with Gasteiger partial charge >= 0.3 is 0 Å². The summed E-state index contributed by atoms with van der Waals surface area (Å²) in [6.07, 6.45) is 4.06. The average molecular weight is 336 g/mol. The number of hydrogen-bond donors (Lipinski definition) is 1. The maximum atomic E-state index is 12.4. The number of sulfonamides is 1. The maximum Gasteiger partial charge on any atom is 0.246 e. The van der Waals surface area contributed by atoms with Gasteiger partial charge in [-0.15, -0.1) is 0 Å². The van der Waals surface area contributed by atoms with Crippen LogP contribution in [0.15, 0.2) is 27.7 Å². The van der Waals surface area contributed by atoms with Crippen molar-refractivity contribution in [3.8, 4) is 0 Å². The lowest BCUT2D eigenvalue weighted by atomic mass is 10.2. The number of anilines is 1. The van der Waals surface area contributed by atoms with E-state index in [1.54, 1.807) is 20.0 Å². The molecule has 0 aliphatic carbocycles. The van der Waals surface area contributed by atoms with Gasteiger partial charge in [0.2, 0.25) is 10.0 Å². The summed E-state index contributed by atoms with van der Waals surface area (Å²) in [5, 5.41) is 3.69. The summed E-state index contributed by atoms with van der Waals surface area (Å²) < 4.78 is 32.4. The van der Waals surface area contributed by atoms with Gasteiger partial charge in [-0.3, -0.25) is 0 Å². The zero-order valence-electron chi connectivity index (χ0n) is 13.2. The Morgan fingerprint density at radius 1 is 1.30 bits per heavy atom. The van der Waals surface area contributed by atoms with E-state index in [9.17, 15) is 8.42 Å². The molecule has 1 saturated heterocycles. The molecule has 1 aliphatic heterocycles. The predicted octanol–water partition coefficient (Wildman–Crippen LogP) is 1.77. The van der Waals surface area contributed by atoms with Crippen LogP contribution in [-0.4, -0.2) is 31.6 Å². The van der Waals surface area contributed by atoms with Crippen molar-refractivity contribution in [1.82, 2.24) is 14.9 Å². The van der Waals surface area contributed by atoms with Crippen molar-refractivity contribution >= 4 is 15.8 Å². The van der Waals surface area contributed by atoms with Gasteiger partial charge in [-0.25, -0.2) is 18.1 Å². The van der Waals surface area contributed by atoms with Gasteiger partial charge in [0.25, 0.3) is 0 Å². The summed E-state index contributed by atoms with van der Waals surface area (Å²) in [4.78, 5) is 6.70. The number of hydrogen-bond acceptors (Lipinski definition) is 6. The zero-order valence-corrected chi connectivity index (χ0v) is 14.1. The Morgan fingerprint density at radius 2 is 2.04 bits per heavy atom. The molecule has 8 heteroatoms. The highest BCUT2D eigenvalue weighted by molar-refractivity contribution is 7.89. The fourth-order valence-electron chi connectivity index (χ4n) is 2.80. The largest absolute Gasteiger partial charge is 0.360 e. The third-order valence-electron chi connectivity index (χ3n) is 3.94. The van der Waals surface area contributed by atoms with Crippen LogP contribution >= 0.6 is 0 Å². The molecule has 0 unspecified atom stereocenters. The van der Waals surface area contributed by atoms with E-state index in [-0.39, 0.29) is 11.4 Å². The van der Waals surface area contributed by atoms with E-state index in [1.165, 1.54) is 12.8 Å². The molecule has 7 nitrogen and oxygen atoms in total. The lowest BCUT2D eigenvalue weighted by Gasteiger charge is -2.17. The molecule has 0 amide bonds. The molecular formula is C15H20N4O3S. The Bertz CT molecular complexity index is 775. The zero-order chi connectivity index (χ0) is 16.4. The highest BCUT2D eigenvalue weighted by atomic mass is 32.2. The first kappa shape index (κ1) is 15.9. The molecule has 3 heterocycles. The fraction of sp³-hybridized carbons (Fsp3) is 0.467. The van der Waals surface area contributed by atoms with E-state index in [4.69, 9.17) is 4.52 Å². The van der Waals surface area contributed by atoms with Gasteiger partial charge in [0.05, 0.1) is 0 Å². The standard InChI is InChI=1S/C15H20N4O3S/c1-11-15(12(2)22-18-11)23(20,21)17-10-13-5-6-16-14(9-13)19-7-3-4-8-19/h5-6,9,17H,3-4,7-8,10H2,1-2H3. The maximum absolute atomic E-state index is 12.4. The van der Waals surface area contributed by atoms with Crippen LogP contribution in [0.3, 0.4) is 0 Å². The quantitative estimate of drug-likeness (QED) is 0.895. The molecule has 0 aromatic carbocycles. The topological polar surface area (TPSA) is 88.3 Å². The molecule has 0 spiro atoms. The summed E-state index contributed by atoms with van der Waals surface area (Å²) >= 11 is 0. The molecule has 2 aromatic rings. The van der Waals surface area contributed by atoms with E-state index >= 15 is 0 Å². The highest BCUT2D eigenvalue weighted by Gasteiger charge is 2.24. The van der Waals surface area contributed by atoms with Gasteiger partial charge in [-0.05, 0) is 44.4 Å². The van der Waals surface area contributed by atoms with Crippen molar-refractivity contribution in [3.05, 3.63) is 35.3 Å². The SMILES string of the molecule is Cc1noc(C)c1S(=O)(=O)NCc1ccnc(N2CCCC2)c1. The third-order valence-corrected chi connectivity index (χ3v) is 5.59. The lowest BCUT2D eigenvalue weighted by molar-refractivity contribution is 0.390. The van der Waals surface area contributed by atoms with Crippen LogP contribution in [0.4, 0.5) is 5.82 Å². The molecule has 0 atom stereocenters. The number of aryl methyl sites for hydroxylation is 2. The molecule has 23 heavy (non-hydrogen) atoms. The minimum Gasteiger partial charge on any atom is -0.360 e. The Hall–Kier alpha value is -1.93. The second kappa shape index (κ2) is 6.29. The van der Waals surface area contributed by atoms with Gasteiger partial charge in [-0.2, -0.15) is 0 Å². The summed E-state index contributed by atoms with van der Waals surface area (Å²) in [6, 6.07) is 3.75. The monoisotopic (exact) mass is 336 g/mol. The summed E-state index contributed by atoms with van der Waals surface area (Å²) in [7, 11) is -3.65. The van der Waals surface area contributed by atoms with Gasteiger partial charge in [0.15, 0.2) is 5.76 Å². The van der Waals surface area contributed by atoms with E-state index in [1.807, 2.05) is 12.1 Å². The number of rotatable bonds is 5. The van der Waals surface area contributed by atoms with Gasteiger partial charge < -0.3 is 9.42 Å². The minimum atomic E-state index is -3.65. The first-order valence-corrected chi connectivity index (χ1v) is 9.08. The molecule has 3 rings (SSSR count). The normalized spacial score (nSPS) is 15.3. The van der Waals surface area contributed by atoms with Crippen LogP contribution in [0.1, 0.15) is 29.9 Å². The summed E-state index contributed by atoms with van der Waals surface area (Å²) in [5.74, 6) is 1.19. The first-order valence-electron chi connectivity index (χ1n) is 7.60. The molecular weight excluding hydrogens is 316 g/mol. The fourth-order valence-corrected chi connectivity index (χ4v) is 4.14. The second-order valence-corrected chi connectivity index (χ2v) is 7.40. The molecule has 1 fully saturated rings. The lowest BCUT2D eigenvalue weighted by Crippen LogP contribution is -2.24. The number of aromatic nitrogens is 2. The second-order valence-electron chi connectivity index (χ2n) is 5.69. The van der Waals surface area contributed by atoms with Crippen LogP contribution < -0.4 is 9.62 Å². The Balaban J connectivity index is 1.74. The number of nitrogens with zero attached hydrogens (tertiary/aromatic N) is 3. The molecule has 124 valence electrons. The van der Waals surface area contributed by atoms with E-state index in [0.717, 1.165) is 24.5 Å². The van der Waals surface area contributed by atoms with Crippen molar-refractivity contribution in [2.45, 2.75) is 38.1 Å². The van der Waals surface area contributed by atoms with Crippen molar-refractivity contribution in [1.29, 1.82) is 0 Å². The van der Waals surface area contributed by atoms with Crippen molar-refractivity contribution in [3.63, 3.8) is 0 Å². The molecule has 0 radical (unpaired) electrons. The summed E-state index contributed by atoms with van der Waals surface area (Å²) in [6.45, 7) is 5.41. The first-order chi connectivity index (χ1) is 11.0. The van der Waals surface area contributed by atoms with Crippen LogP contribution in [-0.2, 0) is 16.6 Å². The minimum absolute atomic E-state index is 0.117. The Morgan fingerprint density at radius 3 is 2.70 bits per heavy atom. The highest BCUT2D eigenvalue weighted by Crippen LogP contribution is 2.20. The third kappa shape index (κ3) is 3.37. The van der Waals surface area contributed by atoms with Crippen LogP contribution in [0.5, 0.6) is 0 Å². The van der Waals surface area contributed by atoms with Crippen molar-refractivity contribution in [2.75, 3.05) is 18.0 Å². The van der Waals surface area contributed by atoms with E-state index in [0.29, 0.717) is 11.5 Å². The van der Waals surface area contributed by atoms with Crippen LogP contribution in [0, 0.1) is 13.8 Å². The Kier molecular flexibility index (Phi) is 4.36. The van der Waals surface area contributed by atoms with Crippen molar-refractivity contribution in [2.24, 2.45) is 0 Å². The molecule has 0 saturated carbocycles. The molecule has 2 aromatic heterocycles. The molecule has 1 N–H and O–H groups in total. The Labute approximate surface area is 135 Å². The molecule has 1 aliphatic rings. The number of nitrogens with one attached hydrogen (secondary N) is 1. The van der Waals surface area contributed by atoms with Crippen LogP contribution in [0.2, 0.25) is 0 Å². The number of pyridine rings is 1. The van der Waals surface area contributed by atoms with Crippen LogP contribution in [0.25, 0.3) is 0 Å². The average Bonchev–Trinajstić information content (AvgIpc) is 3.16. The van der Waals surface area contributed by atoms with Crippen molar-refractivity contribution < 1.29 is 12.9 Å². The van der Waals surface area contributed by atoms with Gasteiger partial charge in [0.1, 0.15) is 16.4 Å². The van der Waals surface area contributed by atoms with Gasteiger partial charge in [-0.1, -0.05) is 5.16 Å². The molecule has 0 bridgehead atoms. The van der Waals surface area contributed by atoms with E-state index < -0.39 is 10.0 Å². The predicted molar refractivity (Wildman–Crippen MR) is 85.7 cm³/mol. The summed E-state index contributed by atoms with van der Waals surface area (Å²) in [5.41, 5.74) is 1.24. The smallest absolute Gasteiger partial charge is 0.246 e. The van der Waals surface area contributed by atoms with Gasteiger partial charge in [0, 0.05) is 25.8 Å².